The number of para-hydroxylation sites is 1. The average Bonchev–Trinajstić information content (AvgIpc) is 2.64. The van der Waals surface area contributed by atoms with E-state index < -0.39 is 0 Å². The molecule has 6 heteroatoms. The number of rotatable bonds is 4. The van der Waals surface area contributed by atoms with Crippen molar-refractivity contribution in [1.29, 1.82) is 0 Å². The van der Waals surface area contributed by atoms with Gasteiger partial charge in [-0.15, -0.1) is 0 Å². The van der Waals surface area contributed by atoms with Gasteiger partial charge in [-0.2, -0.15) is 0 Å². The number of piperazine rings is 1. The van der Waals surface area contributed by atoms with Gasteiger partial charge in [0.25, 0.3) is 5.91 Å². The number of aromatic nitrogens is 2. The lowest BCUT2D eigenvalue weighted by atomic mass is 10.2. The highest BCUT2D eigenvalue weighted by Crippen LogP contribution is 2.15. The second-order valence-electron chi connectivity index (χ2n) is 5.95. The second-order valence-corrected chi connectivity index (χ2v) is 5.95. The molecule has 0 radical (unpaired) electrons. The van der Waals surface area contributed by atoms with E-state index in [1.54, 1.807) is 12.4 Å². The molecule has 1 aromatic heterocycles. The molecule has 0 unspecified atom stereocenters. The van der Waals surface area contributed by atoms with Gasteiger partial charge >= 0.3 is 0 Å². The van der Waals surface area contributed by atoms with Crippen molar-refractivity contribution < 1.29 is 4.79 Å². The van der Waals surface area contributed by atoms with Crippen molar-refractivity contribution in [3.8, 4) is 0 Å². The summed E-state index contributed by atoms with van der Waals surface area (Å²) in [5.74, 6) is 0.595. The molecule has 1 aliphatic heterocycles. The van der Waals surface area contributed by atoms with Crippen molar-refractivity contribution in [1.82, 2.24) is 14.9 Å². The highest BCUT2D eigenvalue weighted by molar-refractivity contribution is 6.03. The lowest BCUT2D eigenvalue weighted by Gasteiger charge is -2.34. The molecule has 0 bridgehead atoms. The van der Waals surface area contributed by atoms with E-state index in [0.717, 1.165) is 49.8 Å². The Hall–Kier alpha value is -2.47. The summed E-state index contributed by atoms with van der Waals surface area (Å²) in [6, 6.07) is 7.67. The number of amides is 1. The van der Waals surface area contributed by atoms with Crippen LogP contribution in [0.2, 0.25) is 0 Å². The predicted octanol–water partition coefficient (Wildman–Crippen LogP) is 2.18. The standard InChI is InChI=1S/C18H23N5O/c1-3-22-8-10-23(11-9-22)17-13-19-16(12-20-17)18(24)21-15-7-5-4-6-14(15)2/h4-7,12-13H,3,8-11H2,1-2H3,(H,21,24). The van der Waals surface area contributed by atoms with Crippen LogP contribution < -0.4 is 10.2 Å². The third-order valence-corrected chi connectivity index (χ3v) is 4.41. The fraction of sp³-hybridized carbons (Fsp3) is 0.389. The number of likely N-dealkylation sites (N-methyl/N-ethyl adjacent to an activating group) is 1. The quantitative estimate of drug-likeness (QED) is 0.933. The van der Waals surface area contributed by atoms with E-state index in [4.69, 9.17) is 0 Å². The summed E-state index contributed by atoms with van der Waals surface area (Å²) < 4.78 is 0. The Bertz CT molecular complexity index is 693. The SMILES string of the molecule is CCN1CCN(c2cnc(C(=O)Nc3ccccc3C)cn2)CC1. The van der Waals surface area contributed by atoms with Crippen LogP contribution in [-0.4, -0.2) is 53.5 Å². The predicted molar refractivity (Wildman–Crippen MR) is 95.5 cm³/mol. The zero-order valence-corrected chi connectivity index (χ0v) is 14.2. The first kappa shape index (κ1) is 16.4. The summed E-state index contributed by atoms with van der Waals surface area (Å²) in [6.07, 6.45) is 3.24. The van der Waals surface area contributed by atoms with Crippen LogP contribution in [0, 0.1) is 6.92 Å². The van der Waals surface area contributed by atoms with Crippen molar-refractivity contribution in [3.05, 3.63) is 47.9 Å². The van der Waals surface area contributed by atoms with Crippen LogP contribution in [0.25, 0.3) is 0 Å². The van der Waals surface area contributed by atoms with E-state index in [0.29, 0.717) is 5.69 Å². The molecule has 0 atom stereocenters. The molecule has 1 aliphatic rings. The Morgan fingerprint density at radius 3 is 2.50 bits per heavy atom. The van der Waals surface area contributed by atoms with Crippen LogP contribution in [0.1, 0.15) is 23.0 Å². The van der Waals surface area contributed by atoms with Gasteiger partial charge in [-0.1, -0.05) is 25.1 Å². The molecule has 0 spiro atoms. The summed E-state index contributed by atoms with van der Waals surface area (Å²) in [5.41, 5.74) is 2.14. The Morgan fingerprint density at radius 1 is 1.12 bits per heavy atom. The normalized spacial score (nSPS) is 15.3. The minimum atomic E-state index is -0.237. The van der Waals surface area contributed by atoms with Gasteiger partial charge in [-0.25, -0.2) is 9.97 Å². The molecule has 3 rings (SSSR count). The minimum Gasteiger partial charge on any atom is -0.353 e. The highest BCUT2D eigenvalue weighted by Gasteiger charge is 2.17. The lowest BCUT2D eigenvalue weighted by molar-refractivity contribution is 0.102. The largest absolute Gasteiger partial charge is 0.353 e. The van der Waals surface area contributed by atoms with Gasteiger partial charge in [0.15, 0.2) is 0 Å². The Labute approximate surface area is 142 Å². The van der Waals surface area contributed by atoms with Gasteiger partial charge in [-0.3, -0.25) is 4.79 Å². The summed E-state index contributed by atoms with van der Waals surface area (Å²) in [5, 5.41) is 2.88. The maximum absolute atomic E-state index is 12.3. The molecule has 1 saturated heterocycles. The van der Waals surface area contributed by atoms with Gasteiger partial charge in [0.05, 0.1) is 12.4 Å². The topological polar surface area (TPSA) is 61.4 Å². The summed E-state index contributed by atoms with van der Waals surface area (Å²) in [4.78, 5) is 25.6. The average molecular weight is 325 g/mol. The molecule has 24 heavy (non-hydrogen) atoms. The molecule has 1 amide bonds. The molecule has 1 fully saturated rings. The Morgan fingerprint density at radius 2 is 1.88 bits per heavy atom. The number of anilines is 2. The zero-order valence-electron chi connectivity index (χ0n) is 14.2. The summed E-state index contributed by atoms with van der Waals surface area (Å²) in [6.45, 7) is 9.17. The highest BCUT2D eigenvalue weighted by atomic mass is 16.1. The van der Waals surface area contributed by atoms with E-state index in [2.05, 4.69) is 32.0 Å². The first-order valence-corrected chi connectivity index (χ1v) is 8.33. The van der Waals surface area contributed by atoms with Crippen molar-refractivity contribution in [2.24, 2.45) is 0 Å². The van der Waals surface area contributed by atoms with Crippen LogP contribution in [-0.2, 0) is 0 Å². The molecule has 2 aromatic rings. The van der Waals surface area contributed by atoms with Crippen molar-refractivity contribution in [3.63, 3.8) is 0 Å². The van der Waals surface area contributed by atoms with E-state index in [9.17, 15) is 4.79 Å². The lowest BCUT2D eigenvalue weighted by Crippen LogP contribution is -2.46. The fourth-order valence-corrected chi connectivity index (χ4v) is 2.79. The minimum absolute atomic E-state index is 0.237. The van der Waals surface area contributed by atoms with E-state index in [-0.39, 0.29) is 5.91 Å². The molecule has 0 aliphatic carbocycles. The van der Waals surface area contributed by atoms with Crippen LogP contribution in [0.5, 0.6) is 0 Å². The number of nitrogens with zero attached hydrogens (tertiary/aromatic N) is 4. The molecule has 6 nitrogen and oxygen atoms in total. The van der Waals surface area contributed by atoms with Gasteiger partial charge in [0.1, 0.15) is 11.5 Å². The van der Waals surface area contributed by atoms with Gasteiger partial charge in [0, 0.05) is 31.9 Å². The Balaban J connectivity index is 1.64. The molecular formula is C18H23N5O. The summed E-state index contributed by atoms with van der Waals surface area (Å²) >= 11 is 0. The van der Waals surface area contributed by atoms with Crippen molar-refractivity contribution >= 4 is 17.4 Å². The number of aryl methyl sites for hydroxylation is 1. The van der Waals surface area contributed by atoms with Crippen LogP contribution in [0.3, 0.4) is 0 Å². The number of hydrogen-bond donors (Lipinski definition) is 1. The number of benzene rings is 1. The van der Waals surface area contributed by atoms with E-state index in [1.807, 2.05) is 31.2 Å². The number of nitrogens with one attached hydrogen (secondary N) is 1. The second kappa shape index (κ2) is 7.40. The zero-order chi connectivity index (χ0) is 16.9. The van der Waals surface area contributed by atoms with Crippen LogP contribution >= 0.6 is 0 Å². The molecule has 126 valence electrons. The van der Waals surface area contributed by atoms with Crippen LogP contribution in [0.4, 0.5) is 11.5 Å². The monoisotopic (exact) mass is 325 g/mol. The number of hydrogen-bond acceptors (Lipinski definition) is 5. The van der Waals surface area contributed by atoms with Gasteiger partial charge in [-0.05, 0) is 25.1 Å². The molecule has 1 N–H and O–H groups in total. The van der Waals surface area contributed by atoms with Crippen molar-refractivity contribution in [2.45, 2.75) is 13.8 Å². The van der Waals surface area contributed by atoms with Gasteiger partial charge in [0.2, 0.25) is 0 Å². The van der Waals surface area contributed by atoms with Gasteiger partial charge < -0.3 is 15.1 Å². The maximum Gasteiger partial charge on any atom is 0.275 e. The van der Waals surface area contributed by atoms with Crippen LogP contribution in [0.15, 0.2) is 36.7 Å². The van der Waals surface area contributed by atoms with E-state index in [1.165, 1.54) is 0 Å². The van der Waals surface area contributed by atoms with Crippen molar-refractivity contribution in [2.75, 3.05) is 42.9 Å². The molecule has 1 aromatic carbocycles. The fourth-order valence-electron chi connectivity index (χ4n) is 2.79. The number of carbonyl (C=O) groups excluding carboxylic acids is 1. The smallest absolute Gasteiger partial charge is 0.275 e. The maximum atomic E-state index is 12.3. The Kier molecular flexibility index (Phi) is 5.05. The number of carbonyl (C=O) groups is 1. The summed E-state index contributed by atoms with van der Waals surface area (Å²) in [7, 11) is 0. The molecule has 2 heterocycles. The first-order valence-electron chi connectivity index (χ1n) is 8.33. The first-order chi connectivity index (χ1) is 11.7. The third kappa shape index (κ3) is 3.71. The molecule has 0 saturated carbocycles. The third-order valence-electron chi connectivity index (χ3n) is 4.41. The molecular weight excluding hydrogens is 302 g/mol. The van der Waals surface area contributed by atoms with E-state index >= 15 is 0 Å².